The van der Waals surface area contributed by atoms with E-state index in [9.17, 15) is 31.5 Å². The highest BCUT2D eigenvalue weighted by Crippen LogP contribution is 2.38. The van der Waals surface area contributed by atoms with E-state index in [1.54, 1.807) is 0 Å². The van der Waals surface area contributed by atoms with Crippen molar-refractivity contribution in [1.29, 1.82) is 0 Å². The topological polar surface area (TPSA) is 88.2 Å². The molecule has 2 aromatic rings. The molecule has 154 valence electrons. The number of esters is 1. The van der Waals surface area contributed by atoms with Gasteiger partial charge in [-0.25, -0.2) is 18.4 Å². The predicted molar refractivity (Wildman–Crippen MR) is 83.7 cm³/mol. The molecule has 28 heavy (non-hydrogen) atoms. The summed E-state index contributed by atoms with van der Waals surface area (Å²) in [6.45, 7) is 1.10. The van der Waals surface area contributed by atoms with Crippen molar-refractivity contribution < 1.29 is 36.2 Å². The van der Waals surface area contributed by atoms with E-state index in [1.165, 1.54) is 0 Å². The molecule has 8 nitrogen and oxygen atoms in total. The van der Waals surface area contributed by atoms with E-state index < -0.39 is 58.5 Å². The monoisotopic (exact) mass is 430 g/mol. The van der Waals surface area contributed by atoms with Gasteiger partial charge in [0.1, 0.15) is 5.56 Å². The molecule has 0 aliphatic rings. The van der Waals surface area contributed by atoms with Gasteiger partial charge in [-0.1, -0.05) is 11.6 Å². The maximum Gasteiger partial charge on any atom is 0.421 e. The van der Waals surface area contributed by atoms with Gasteiger partial charge < -0.3 is 9.47 Å². The fourth-order valence-electron chi connectivity index (χ4n) is 2.07. The van der Waals surface area contributed by atoms with E-state index in [0.717, 1.165) is 21.1 Å². The normalized spacial score (nSPS) is 12.9. The van der Waals surface area contributed by atoms with Crippen LogP contribution in [0, 0.1) is 0 Å². The molecule has 2 heterocycles. The van der Waals surface area contributed by atoms with Gasteiger partial charge in [-0.15, -0.1) is 5.10 Å². The third-order valence-electron chi connectivity index (χ3n) is 3.46. The first-order valence-corrected chi connectivity index (χ1v) is 7.73. The Balaban J connectivity index is 2.68. The Labute approximate surface area is 158 Å². The molecule has 0 spiro atoms. The average molecular weight is 431 g/mol. The predicted octanol–water partition coefficient (Wildman–Crippen LogP) is 2.52. The van der Waals surface area contributed by atoms with Crippen molar-refractivity contribution in [3.63, 3.8) is 0 Å². The van der Waals surface area contributed by atoms with Gasteiger partial charge in [0.2, 0.25) is 11.7 Å². The molecule has 1 atom stereocenters. The number of ether oxygens (including phenoxy) is 2. The molecule has 0 saturated heterocycles. The van der Waals surface area contributed by atoms with Gasteiger partial charge in [0.05, 0.1) is 12.1 Å². The Morgan fingerprint density at radius 1 is 1.32 bits per heavy atom. The maximum atomic E-state index is 13.3. The number of halogens is 6. The minimum absolute atomic E-state index is 0.305. The zero-order chi connectivity index (χ0) is 21.4. The largest absolute Gasteiger partial charge is 0.466 e. The van der Waals surface area contributed by atoms with Gasteiger partial charge in [-0.3, -0.25) is 4.57 Å². The molecule has 0 radical (unpaired) electrons. The minimum Gasteiger partial charge on any atom is -0.466 e. The molecule has 2 rings (SSSR count). The summed E-state index contributed by atoms with van der Waals surface area (Å²) in [4.78, 5) is 27.1. The van der Waals surface area contributed by atoms with Crippen LogP contribution in [0.4, 0.5) is 22.0 Å². The molecule has 0 aliphatic carbocycles. The quantitative estimate of drug-likeness (QED) is 0.535. The standard InChI is InChI=1S/C14H12ClF5N4O4/c1-5(12(25)27-3)28-11-6(14(18,19)20)4-7(15)9(21-11)24-13(26)23(2)10(22-24)8(16)17/h4-5,8H,1-3H3. The second kappa shape index (κ2) is 7.73. The molecule has 0 amide bonds. The van der Waals surface area contributed by atoms with Gasteiger partial charge >= 0.3 is 17.8 Å². The molecule has 2 aromatic heterocycles. The zero-order valence-corrected chi connectivity index (χ0v) is 15.2. The Morgan fingerprint density at radius 3 is 2.39 bits per heavy atom. The van der Waals surface area contributed by atoms with Crippen LogP contribution >= 0.6 is 11.6 Å². The third-order valence-corrected chi connectivity index (χ3v) is 3.74. The fraction of sp³-hybridized carbons (Fsp3) is 0.429. The lowest BCUT2D eigenvalue weighted by molar-refractivity contribution is -0.150. The Bertz CT molecular complexity index is 956. The van der Waals surface area contributed by atoms with E-state index >= 15 is 0 Å². The van der Waals surface area contributed by atoms with E-state index in [1.807, 2.05) is 0 Å². The first-order valence-electron chi connectivity index (χ1n) is 7.35. The van der Waals surface area contributed by atoms with Gasteiger partial charge in [0.25, 0.3) is 6.43 Å². The van der Waals surface area contributed by atoms with Crippen LogP contribution in [-0.4, -0.2) is 38.5 Å². The number of hydrogen-bond donors (Lipinski definition) is 0. The lowest BCUT2D eigenvalue weighted by atomic mass is 10.2. The summed E-state index contributed by atoms with van der Waals surface area (Å²) in [6.07, 6.45) is -9.62. The van der Waals surface area contributed by atoms with Crippen LogP contribution in [0.3, 0.4) is 0 Å². The summed E-state index contributed by atoms with van der Waals surface area (Å²) in [5.74, 6) is -3.75. The lowest BCUT2D eigenvalue weighted by Crippen LogP contribution is -2.28. The molecule has 0 bridgehead atoms. The number of methoxy groups -OCH3 is 1. The molecular formula is C14H12ClF5N4O4. The highest BCUT2D eigenvalue weighted by molar-refractivity contribution is 6.32. The number of carbonyl (C=O) groups excluding carboxylic acids is 1. The fourth-order valence-corrected chi connectivity index (χ4v) is 2.30. The highest BCUT2D eigenvalue weighted by Gasteiger charge is 2.38. The Kier molecular flexibility index (Phi) is 5.97. The van der Waals surface area contributed by atoms with Crippen LogP contribution in [-0.2, 0) is 22.8 Å². The van der Waals surface area contributed by atoms with E-state index in [-0.39, 0.29) is 0 Å². The van der Waals surface area contributed by atoms with Gasteiger partial charge in [-0.05, 0) is 13.0 Å². The first kappa shape index (κ1) is 21.6. The van der Waals surface area contributed by atoms with Crippen LogP contribution in [0.2, 0.25) is 5.02 Å². The molecule has 0 fully saturated rings. The molecule has 1 unspecified atom stereocenters. The van der Waals surface area contributed by atoms with E-state index in [4.69, 9.17) is 16.3 Å². The third kappa shape index (κ3) is 4.08. The maximum absolute atomic E-state index is 13.3. The van der Waals surface area contributed by atoms with Gasteiger partial charge in [0.15, 0.2) is 11.9 Å². The van der Waals surface area contributed by atoms with Crippen LogP contribution < -0.4 is 10.4 Å². The number of pyridine rings is 1. The van der Waals surface area contributed by atoms with Crippen molar-refractivity contribution in [2.24, 2.45) is 7.05 Å². The summed E-state index contributed by atoms with van der Waals surface area (Å²) in [7, 11) is 1.98. The van der Waals surface area contributed by atoms with Gasteiger partial charge in [-0.2, -0.15) is 22.8 Å². The van der Waals surface area contributed by atoms with Crippen LogP contribution in [0.1, 0.15) is 24.7 Å². The van der Waals surface area contributed by atoms with Crippen molar-refractivity contribution in [1.82, 2.24) is 19.3 Å². The Morgan fingerprint density at radius 2 is 1.93 bits per heavy atom. The molecule has 14 heteroatoms. The zero-order valence-electron chi connectivity index (χ0n) is 14.4. The van der Waals surface area contributed by atoms with Crippen molar-refractivity contribution in [2.75, 3.05) is 7.11 Å². The Hall–Kier alpha value is -2.70. The van der Waals surface area contributed by atoms with Crippen molar-refractivity contribution in [2.45, 2.75) is 25.6 Å². The van der Waals surface area contributed by atoms with Gasteiger partial charge in [0, 0.05) is 7.05 Å². The summed E-state index contributed by atoms with van der Waals surface area (Å²) in [6, 6.07) is 0.381. The molecule has 0 N–H and O–H groups in total. The smallest absolute Gasteiger partial charge is 0.421 e. The van der Waals surface area contributed by atoms with E-state index in [0.29, 0.717) is 15.3 Å². The van der Waals surface area contributed by atoms with Crippen LogP contribution in [0.5, 0.6) is 5.88 Å². The molecule has 0 aliphatic heterocycles. The first-order chi connectivity index (χ1) is 12.9. The number of aromatic nitrogens is 4. The van der Waals surface area contributed by atoms with E-state index in [2.05, 4.69) is 14.8 Å². The number of rotatable bonds is 5. The number of alkyl halides is 5. The number of hydrogen-bond acceptors (Lipinski definition) is 6. The summed E-state index contributed by atoms with van der Waals surface area (Å²) in [5.41, 5.74) is -2.58. The van der Waals surface area contributed by atoms with Crippen LogP contribution in [0.25, 0.3) is 5.82 Å². The van der Waals surface area contributed by atoms with Crippen LogP contribution in [0.15, 0.2) is 10.9 Å². The number of carbonyl (C=O) groups is 1. The van der Waals surface area contributed by atoms with Crippen molar-refractivity contribution >= 4 is 17.6 Å². The summed E-state index contributed by atoms with van der Waals surface area (Å²) < 4.78 is 75.7. The van der Waals surface area contributed by atoms with Crippen molar-refractivity contribution in [3.8, 4) is 11.7 Å². The number of nitrogens with zero attached hydrogens (tertiary/aromatic N) is 4. The molecule has 0 saturated carbocycles. The molecular weight excluding hydrogens is 419 g/mol. The second-order valence-electron chi connectivity index (χ2n) is 5.34. The summed E-state index contributed by atoms with van der Waals surface area (Å²) >= 11 is 5.78. The summed E-state index contributed by atoms with van der Waals surface area (Å²) in [5, 5.41) is 2.64. The average Bonchev–Trinajstić information content (AvgIpc) is 2.90. The molecule has 0 aromatic carbocycles. The second-order valence-corrected chi connectivity index (χ2v) is 5.75. The SMILES string of the molecule is COC(=O)C(C)Oc1nc(-n2nc(C(F)F)n(C)c2=O)c(Cl)cc1C(F)(F)F. The minimum atomic E-state index is -4.98. The van der Waals surface area contributed by atoms with Crippen molar-refractivity contribution in [3.05, 3.63) is 33.0 Å². The lowest BCUT2D eigenvalue weighted by Gasteiger charge is -2.17. The highest BCUT2D eigenvalue weighted by atomic mass is 35.5.